The molecule has 0 aromatic heterocycles. The number of likely N-dealkylation sites (N-methyl/N-ethyl adjacent to an activating group) is 1. The maximum absolute atomic E-state index is 14.1. The summed E-state index contributed by atoms with van der Waals surface area (Å²) in [5.74, 6) is -1.38. The van der Waals surface area contributed by atoms with E-state index in [2.05, 4.69) is 16.3 Å². The largest absolute Gasteiger partial charge is 0.369 e. The molecule has 1 amide bonds. The second kappa shape index (κ2) is 11.4. The topological polar surface area (TPSA) is 64.8 Å². The minimum absolute atomic E-state index is 0.0890. The summed E-state index contributed by atoms with van der Waals surface area (Å²) in [5, 5.41) is 7.69. The summed E-state index contributed by atoms with van der Waals surface area (Å²) in [6.07, 6.45) is 5.96. The van der Waals surface area contributed by atoms with Crippen LogP contribution in [-0.4, -0.2) is 49.0 Å². The van der Waals surface area contributed by atoms with Crippen LogP contribution < -0.4 is 16.1 Å². The summed E-state index contributed by atoms with van der Waals surface area (Å²) in [4.78, 5) is 15.1. The van der Waals surface area contributed by atoms with Crippen molar-refractivity contribution < 1.29 is 13.6 Å². The number of halogens is 3. The van der Waals surface area contributed by atoms with Crippen LogP contribution in [0.5, 0.6) is 0 Å². The van der Waals surface area contributed by atoms with E-state index in [4.69, 9.17) is 17.3 Å². The molecule has 2 aromatic rings. The predicted octanol–water partition coefficient (Wildman–Crippen LogP) is 5.39. The Balaban J connectivity index is 1.83. The van der Waals surface area contributed by atoms with Crippen LogP contribution in [0.3, 0.4) is 0 Å². The van der Waals surface area contributed by atoms with Crippen molar-refractivity contribution in [3.05, 3.63) is 81.5 Å². The van der Waals surface area contributed by atoms with Gasteiger partial charge in [-0.15, -0.1) is 0 Å². The van der Waals surface area contributed by atoms with Crippen molar-refractivity contribution in [2.24, 2.45) is 5.73 Å². The van der Waals surface area contributed by atoms with Gasteiger partial charge in [-0.05, 0) is 55.2 Å². The van der Waals surface area contributed by atoms with E-state index in [0.29, 0.717) is 17.0 Å². The zero-order valence-corrected chi connectivity index (χ0v) is 23.3. The molecule has 0 bridgehead atoms. The molecule has 6 nitrogen and oxygen atoms in total. The number of hydrazine groups is 1. The lowest BCUT2D eigenvalue weighted by Gasteiger charge is -2.41. The number of amides is 1. The predicted molar refractivity (Wildman–Crippen MR) is 149 cm³/mol. The van der Waals surface area contributed by atoms with Gasteiger partial charge in [0, 0.05) is 55.5 Å². The summed E-state index contributed by atoms with van der Waals surface area (Å²) in [6, 6.07) is 6.54. The number of allylic oxidation sites excluding steroid dienone is 3. The lowest BCUT2D eigenvalue weighted by molar-refractivity contribution is -0.122. The normalized spacial score (nSPS) is 20.2. The quantitative estimate of drug-likeness (QED) is 0.467. The number of carbonyl (C=O) groups excluding carboxylic acids is 1. The molecule has 3 N–H and O–H groups in total. The van der Waals surface area contributed by atoms with Gasteiger partial charge in [0.2, 0.25) is 5.91 Å². The fourth-order valence-corrected chi connectivity index (χ4v) is 5.67. The van der Waals surface area contributed by atoms with E-state index in [0.717, 1.165) is 47.0 Å². The molecule has 204 valence electrons. The van der Waals surface area contributed by atoms with Crippen LogP contribution in [0.4, 0.5) is 14.5 Å². The number of benzene rings is 2. The lowest BCUT2D eigenvalue weighted by Crippen LogP contribution is -2.52. The molecule has 2 heterocycles. The van der Waals surface area contributed by atoms with Gasteiger partial charge in [0.25, 0.3) is 0 Å². The third kappa shape index (κ3) is 5.44. The Hall–Kier alpha value is -2.94. The molecule has 0 saturated carbocycles. The first-order valence-electron chi connectivity index (χ1n) is 12.9. The third-order valence-electron chi connectivity index (χ3n) is 7.63. The van der Waals surface area contributed by atoms with E-state index in [-0.39, 0.29) is 18.4 Å². The van der Waals surface area contributed by atoms with Gasteiger partial charge < -0.3 is 21.0 Å². The molecule has 0 spiro atoms. The van der Waals surface area contributed by atoms with E-state index >= 15 is 0 Å². The molecule has 38 heavy (non-hydrogen) atoms. The molecule has 2 aliphatic heterocycles. The van der Waals surface area contributed by atoms with Crippen molar-refractivity contribution in [2.75, 3.05) is 26.2 Å². The number of nitrogens with two attached hydrogens (primary N) is 1. The first-order chi connectivity index (χ1) is 18.0. The van der Waals surface area contributed by atoms with Gasteiger partial charge in [-0.25, -0.2) is 13.8 Å². The molecular weight excluding hydrogens is 508 g/mol. The number of hydrogen-bond acceptors (Lipinski definition) is 5. The second-order valence-electron chi connectivity index (χ2n) is 10.1. The maximum atomic E-state index is 14.1. The molecule has 2 aromatic carbocycles. The van der Waals surface area contributed by atoms with Crippen molar-refractivity contribution in [2.45, 2.75) is 57.8 Å². The fourth-order valence-electron chi connectivity index (χ4n) is 5.41. The molecule has 3 atom stereocenters. The molecule has 0 saturated heterocycles. The van der Waals surface area contributed by atoms with Gasteiger partial charge in [0.05, 0.1) is 17.8 Å². The van der Waals surface area contributed by atoms with E-state index in [1.807, 2.05) is 63.2 Å². The number of nitrogens with one attached hydrogen (secondary N) is 1. The molecule has 0 aliphatic carbocycles. The first kappa shape index (κ1) is 28.1. The summed E-state index contributed by atoms with van der Waals surface area (Å²) < 4.78 is 28.3. The summed E-state index contributed by atoms with van der Waals surface area (Å²) >= 11 is 6.61. The van der Waals surface area contributed by atoms with Crippen molar-refractivity contribution in [1.82, 2.24) is 15.2 Å². The Morgan fingerprint density at radius 2 is 1.82 bits per heavy atom. The summed E-state index contributed by atoms with van der Waals surface area (Å²) in [5.41, 5.74) is 11.6. The van der Waals surface area contributed by atoms with Gasteiger partial charge in [-0.3, -0.25) is 4.79 Å². The number of rotatable bonds is 8. The van der Waals surface area contributed by atoms with Crippen LogP contribution in [0.2, 0.25) is 5.02 Å². The Bertz CT molecular complexity index is 1260. The Kier molecular flexibility index (Phi) is 8.45. The van der Waals surface area contributed by atoms with Gasteiger partial charge in [0.15, 0.2) is 0 Å². The minimum atomic E-state index is -0.644. The molecular formula is C29H36ClF2N5O. The third-order valence-corrected chi connectivity index (χ3v) is 7.96. The minimum Gasteiger partial charge on any atom is -0.369 e. The SMILES string of the molecule is CCCCC(=O)NC(Cc1cc(F)cc(F)c1)C1C(c2ccc(Cl)c3c2N(C)N(C)C3N)=CC=C(C)N1C. The number of fused-ring (bicyclic) bond motifs is 1. The number of nitrogens with zero attached hydrogens (tertiary/aromatic N) is 3. The van der Waals surface area contributed by atoms with Crippen molar-refractivity contribution >= 4 is 28.8 Å². The Morgan fingerprint density at radius 1 is 1.13 bits per heavy atom. The average Bonchev–Trinajstić information content (AvgIpc) is 3.08. The number of unbranched alkanes of at least 4 members (excludes halogenated alkanes) is 1. The number of carbonyl (C=O) groups is 1. The smallest absolute Gasteiger partial charge is 0.220 e. The summed E-state index contributed by atoms with van der Waals surface area (Å²) in [6.45, 7) is 4.03. The lowest BCUT2D eigenvalue weighted by atomic mass is 9.84. The van der Waals surface area contributed by atoms with Crippen LogP contribution >= 0.6 is 11.6 Å². The van der Waals surface area contributed by atoms with Crippen molar-refractivity contribution in [3.63, 3.8) is 0 Å². The van der Waals surface area contributed by atoms with E-state index in [1.54, 1.807) is 0 Å². The zero-order valence-electron chi connectivity index (χ0n) is 22.6. The van der Waals surface area contributed by atoms with Gasteiger partial charge in [-0.2, -0.15) is 0 Å². The van der Waals surface area contributed by atoms with Crippen LogP contribution in [-0.2, 0) is 11.2 Å². The van der Waals surface area contributed by atoms with E-state index < -0.39 is 23.8 Å². The van der Waals surface area contributed by atoms with Crippen LogP contribution in [0.1, 0.15) is 56.0 Å². The average molecular weight is 544 g/mol. The molecule has 4 rings (SSSR count). The van der Waals surface area contributed by atoms with Crippen LogP contribution in [0.25, 0.3) is 5.57 Å². The summed E-state index contributed by atoms with van der Waals surface area (Å²) in [7, 11) is 5.82. The first-order valence-corrected chi connectivity index (χ1v) is 13.3. The molecule has 0 radical (unpaired) electrons. The standard InChI is InChI=1S/C29H36ClF2N5O/c1-6-7-8-25(38)34-24(15-18-13-19(31)16-20(32)14-18)27-21(10-9-17(2)35(27)3)22-11-12-23(30)26-28(22)36(4)37(5)29(26)33/h9-14,16,24,27,29H,6-8,15,33H2,1-5H3,(H,34,38). The van der Waals surface area contributed by atoms with Gasteiger partial charge in [0.1, 0.15) is 17.8 Å². The highest BCUT2D eigenvalue weighted by Gasteiger charge is 2.38. The van der Waals surface area contributed by atoms with Gasteiger partial charge >= 0.3 is 0 Å². The zero-order chi connectivity index (χ0) is 27.7. The van der Waals surface area contributed by atoms with Crippen molar-refractivity contribution in [3.8, 4) is 0 Å². The molecule has 0 fully saturated rings. The van der Waals surface area contributed by atoms with Gasteiger partial charge in [-0.1, -0.05) is 37.1 Å². The van der Waals surface area contributed by atoms with E-state index in [1.165, 1.54) is 12.1 Å². The molecule has 3 unspecified atom stereocenters. The molecule has 2 aliphatic rings. The highest BCUT2D eigenvalue weighted by Crippen LogP contribution is 2.46. The molecule has 9 heteroatoms. The van der Waals surface area contributed by atoms with Crippen molar-refractivity contribution in [1.29, 1.82) is 0 Å². The fraction of sp³-hybridized carbons (Fsp3) is 0.414. The van der Waals surface area contributed by atoms with Crippen LogP contribution in [0.15, 0.2) is 48.2 Å². The maximum Gasteiger partial charge on any atom is 0.220 e. The van der Waals surface area contributed by atoms with E-state index in [9.17, 15) is 13.6 Å². The highest BCUT2D eigenvalue weighted by molar-refractivity contribution is 6.32. The Morgan fingerprint density at radius 3 is 2.47 bits per heavy atom. The highest BCUT2D eigenvalue weighted by atomic mass is 35.5. The number of anilines is 1. The second-order valence-corrected chi connectivity index (χ2v) is 10.6. The number of hydrogen-bond donors (Lipinski definition) is 2. The monoisotopic (exact) mass is 543 g/mol. The Labute approximate surface area is 228 Å². The van der Waals surface area contributed by atoms with Crippen LogP contribution in [0, 0.1) is 11.6 Å².